The third-order valence-corrected chi connectivity index (χ3v) is 3.38. The zero-order chi connectivity index (χ0) is 19.6. The molecule has 0 bridgehead atoms. The maximum absolute atomic E-state index is 13.4. The van der Waals surface area contributed by atoms with E-state index in [-0.39, 0.29) is 38.2 Å². The second kappa shape index (κ2) is 17.8. The first-order valence-corrected chi connectivity index (χ1v) is 9.89. The van der Waals surface area contributed by atoms with E-state index in [9.17, 15) is 14.0 Å². The number of nitrogens with one attached hydrogen (secondary N) is 2. The van der Waals surface area contributed by atoms with Crippen molar-refractivity contribution in [3.8, 4) is 0 Å². The summed E-state index contributed by atoms with van der Waals surface area (Å²) in [6.45, 7) is 3.54. The number of hydrogen-bond acceptors (Lipinski definition) is 8. The van der Waals surface area contributed by atoms with Crippen molar-refractivity contribution in [2.75, 3.05) is 65.6 Å². The topological polar surface area (TPSA) is 95.1 Å². The zero-order valence-electron chi connectivity index (χ0n) is 15.2. The van der Waals surface area contributed by atoms with Crippen LogP contribution in [0, 0.1) is 0 Å². The van der Waals surface area contributed by atoms with Crippen LogP contribution in [0.2, 0.25) is 0 Å². The number of amides is 2. The predicted molar refractivity (Wildman–Crippen MR) is 101 cm³/mol. The minimum atomic E-state index is -1.27. The number of alkyl halides is 1. The minimum Gasteiger partial charge on any atom is -0.377 e. The molecule has 0 aromatic heterocycles. The van der Waals surface area contributed by atoms with Crippen molar-refractivity contribution in [1.29, 1.82) is 0 Å². The Morgan fingerprint density at radius 2 is 1.69 bits per heavy atom. The molecule has 0 heterocycles. The van der Waals surface area contributed by atoms with Gasteiger partial charge in [0.15, 0.2) is 0 Å². The molecule has 0 aromatic rings. The fourth-order valence-corrected chi connectivity index (χ4v) is 1.81. The van der Waals surface area contributed by atoms with Crippen LogP contribution >= 0.6 is 24.7 Å². The number of carbonyl (C=O) groups is 2. The highest BCUT2D eigenvalue weighted by Gasteiger charge is 2.11. The first-order valence-electron chi connectivity index (χ1n) is 8.22. The average molecular weight is 417 g/mol. The number of halogens is 1. The smallest absolute Gasteiger partial charge is 0.247 e. The quantitative estimate of drug-likeness (QED) is 0.177. The summed E-state index contributed by atoms with van der Waals surface area (Å²) in [6, 6.07) is 0. The van der Waals surface area contributed by atoms with E-state index >= 15 is 0 Å². The van der Waals surface area contributed by atoms with Gasteiger partial charge in [0.1, 0.15) is 12.8 Å². The van der Waals surface area contributed by atoms with E-state index in [1.165, 1.54) is 0 Å². The molecule has 0 aliphatic carbocycles. The van der Waals surface area contributed by atoms with E-state index < -0.39 is 11.4 Å². The summed E-state index contributed by atoms with van der Waals surface area (Å²) in [5.41, 5.74) is 0. The molecule has 0 aromatic carbocycles. The molecule has 0 saturated carbocycles. The molecule has 26 heavy (non-hydrogen) atoms. The number of rotatable bonds is 17. The Hall–Kier alpha value is -0.590. The lowest BCUT2D eigenvalue weighted by Gasteiger charge is -2.12. The van der Waals surface area contributed by atoms with Gasteiger partial charge in [0.25, 0.3) is 0 Å². The first kappa shape index (κ1) is 25.4. The molecule has 0 aliphatic rings. The second-order valence-corrected chi connectivity index (χ2v) is 6.44. The fourth-order valence-electron chi connectivity index (χ4n) is 1.50. The van der Waals surface area contributed by atoms with Gasteiger partial charge in [-0.3, -0.25) is 9.59 Å². The standard InChI is InChI=1S/C15H29FN2O6S2/c1-12(25)15(20)18-9-13(16)10-23-8-7-22-6-5-21-4-3-17-14(19)11-24-26-2/h12-13,25H,3-11H2,1-2H3,(H,17,19)(H,18,20). The molecule has 2 N–H and O–H groups in total. The Kier molecular flexibility index (Phi) is 17.4. The third-order valence-electron chi connectivity index (χ3n) is 2.80. The molecule has 11 heteroatoms. The summed E-state index contributed by atoms with van der Waals surface area (Å²) >= 11 is 5.08. The normalized spacial score (nSPS) is 13.2. The van der Waals surface area contributed by atoms with Gasteiger partial charge in [0.2, 0.25) is 11.8 Å². The van der Waals surface area contributed by atoms with Crippen LogP contribution in [0.3, 0.4) is 0 Å². The molecular weight excluding hydrogens is 387 g/mol. The zero-order valence-corrected chi connectivity index (χ0v) is 16.9. The largest absolute Gasteiger partial charge is 0.377 e. The molecule has 0 saturated heterocycles. The predicted octanol–water partition coefficient (Wildman–Crippen LogP) is 0.220. The van der Waals surface area contributed by atoms with Crippen LogP contribution in [0.4, 0.5) is 4.39 Å². The van der Waals surface area contributed by atoms with Crippen LogP contribution in [0.15, 0.2) is 0 Å². The van der Waals surface area contributed by atoms with Gasteiger partial charge < -0.3 is 29.0 Å². The van der Waals surface area contributed by atoms with E-state index in [1.54, 1.807) is 13.2 Å². The van der Waals surface area contributed by atoms with Gasteiger partial charge >= 0.3 is 0 Å². The molecule has 2 amide bonds. The molecule has 2 atom stereocenters. The Morgan fingerprint density at radius 1 is 1.08 bits per heavy atom. The second-order valence-electron chi connectivity index (χ2n) is 5.10. The van der Waals surface area contributed by atoms with E-state index in [2.05, 4.69) is 23.3 Å². The summed E-state index contributed by atoms with van der Waals surface area (Å²) in [5, 5.41) is 4.60. The Bertz CT molecular complexity index is 380. The van der Waals surface area contributed by atoms with Gasteiger partial charge in [-0.2, -0.15) is 12.6 Å². The van der Waals surface area contributed by atoms with Crippen LogP contribution in [-0.4, -0.2) is 88.8 Å². The van der Waals surface area contributed by atoms with Crippen molar-refractivity contribution in [2.24, 2.45) is 0 Å². The van der Waals surface area contributed by atoms with Gasteiger partial charge in [-0.15, -0.1) is 0 Å². The molecular formula is C15H29FN2O6S2. The highest BCUT2D eigenvalue weighted by molar-refractivity contribution is 7.93. The maximum Gasteiger partial charge on any atom is 0.247 e. The monoisotopic (exact) mass is 416 g/mol. The summed E-state index contributed by atoms with van der Waals surface area (Å²) in [4.78, 5) is 22.4. The fraction of sp³-hybridized carbons (Fsp3) is 0.867. The highest BCUT2D eigenvalue weighted by Crippen LogP contribution is 1.95. The number of ether oxygens (including phenoxy) is 3. The van der Waals surface area contributed by atoms with Crippen molar-refractivity contribution in [1.82, 2.24) is 10.6 Å². The van der Waals surface area contributed by atoms with E-state index in [4.69, 9.17) is 18.4 Å². The van der Waals surface area contributed by atoms with Crippen molar-refractivity contribution in [2.45, 2.75) is 18.3 Å². The van der Waals surface area contributed by atoms with E-state index in [0.29, 0.717) is 33.0 Å². The van der Waals surface area contributed by atoms with Crippen LogP contribution in [0.1, 0.15) is 6.92 Å². The minimum absolute atomic E-state index is 0.0186. The van der Waals surface area contributed by atoms with Crippen LogP contribution in [-0.2, 0) is 28.0 Å². The Labute approximate surface area is 163 Å². The van der Waals surface area contributed by atoms with Crippen LogP contribution < -0.4 is 10.6 Å². The first-order chi connectivity index (χ1) is 12.5. The summed E-state index contributed by atoms with van der Waals surface area (Å²) in [5.74, 6) is -0.505. The van der Waals surface area contributed by atoms with E-state index in [1.807, 2.05) is 0 Å². The van der Waals surface area contributed by atoms with Crippen molar-refractivity contribution >= 4 is 36.5 Å². The molecule has 154 valence electrons. The van der Waals surface area contributed by atoms with Gasteiger partial charge in [-0.25, -0.2) is 4.39 Å². The SMILES string of the molecule is CSOCC(=O)NCCOCCOCCOCC(F)CNC(=O)C(C)S. The molecule has 8 nitrogen and oxygen atoms in total. The van der Waals surface area contributed by atoms with Crippen LogP contribution in [0.25, 0.3) is 0 Å². The Morgan fingerprint density at radius 3 is 2.31 bits per heavy atom. The summed E-state index contributed by atoms with van der Waals surface area (Å²) in [7, 11) is 0. The van der Waals surface area contributed by atoms with Gasteiger partial charge in [-0.05, 0) is 19.0 Å². The Balaban J connectivity index is 3.28. The lowest BCUT2D eigenvalue weighted by atomic mass is 10.3. The molecule has 0 fully saturated rings. The molecule has 0 radical (unpaired) electrons. The lowest BCUT2D eigenvalue weighted by Crippen LogP contribution is -2.36. The van der Waals surface area contributed by atoms with E-state index in [0.717, 1.165) is 12.0 Å². The molecule has 0 aliphatic heterocycles. The molecule has 0 spiro atoms. The highest BCUT2D eigenvalue weighted by atomic mass is 32.2. The van der Waals surface area contributed by atoms with Crippen molar-refractivity contribution in [3.63, 3.8) is 0 Å². The summed E-state index contributed by atoms with van der Waals surface area (Å²) < 4.78 is 34.0. The lowest BCUT2D eigenvalue weighted by molar-refractivity contribution is -0.123. The van der Waals surface area contributed by atoms with Crippen LogP contribution in [0.5, 0.6) is 0 Å². The van der Waals surface area contributed by atoms with Crippen molar-refractivity contribution < 1.29 is 32.4 Å². The average Bonchev–Trinajstić information content (AvgIpc) is 2.62. The van der Waals surface area contributed by atoms with Gasteiger partial charge in [0.05, 0.1) is 51.4 Å². The number of thiol groups is 1. The summed E-state index contributed by atoms with van der Waals surface area (Å²) in [6.07, 6.45) is 0.466. The number of hydrogen-bond donors (Lipinski definition) is 3. The third kappa shape index (κ3) is 16.9. The van der Waals surface area contributed by atoms with Gasteiger partial charge in [-0.1, -0.05) is 0 Å². The van der Waals surface area contributed by atoms with Gasteiger partial charge in [0, 0.05) is 12.8 Å². The number of carbonyl (C=O) groups excluding carboxylic acids is 2. The van der Waals surface area contributed by atoms with Crippen molar-refractivity contribution in [3.05, 3.63) is 0 Å². The molecule has 2 unspecified atom stereocenters. The maximum atomic E-state index is 13.4. The molecule has 0 rings (SSSR count).